The molecule has 1 heterocycles. The SMILES string of the molecule is CC1(C)CC(C(=O)CC(=O)[O-])CC(C)(C)N1.[Na+]. The fourth-order valence-corrected chi connectivity index (χ4v) is 2.84. The molecule has 0 radical (unpaired) electrons. The van der Waals surface area contributed by atoms with Crippen molar-refractivity contribution in [3.63, 3.8) is 0 Å². The molecule has 0 bridgehead atoms. The van der Waals surface area contributed by atoms with Crippen molar-refractivity contribution in [1.29, 1.82) is 0 Å². The van der Waals surface area contributed by atoms with Crippen LogP contribution in [0.3, 0.4) is 0 Å². The van der Waals surface area contributed by atoms with E-state index in [-0.39, 0.29) is 52.3 Å². The first-order valence-corrected chi connectivity index (χ1v) is 5.63. The molecule has 92 valence electrons. The van der Waals surface area contributed by atoms with Crippen molar-refractivity contribution >= 4 is 11.8 Å². The zero-order chi connectivity index (χ0) is 12.6. The second-order valence-corrected chi connectivity index (χ2v) is 6.01. The van der Waals surface area contributed by atoms with Gasteiger partial charge in [-0.15, -0.1) is 0 Å². The van der Waals surface area contributed by atoms with Crippen LogP contribution in [0.15, 0.2) is 0 Å². The smallest absolute Gasteiger partial charge is 0.550 e. The van der Waals surface area contributed by atoms with E-state index in [1.807, 2.05) is 27.7 Å². The van der Waals surface area contributed by atoms with Crippen LogP contribution in [0.4, 0.5) is 0 Å². The third-order valence-corrected chi connectivity index (χ3v) is 2.96. The monoisotopic (exact) mass is 249 g/mol. The average molecular weight is 249 g/mol. The van der Waals surface area contributed by atoms with Crippen LogP contribution in [0, 0.1) is 5.92 Å². The number of carboxylic acids is 1. The van der Waals surface area contributed by atoms with Gasteiger partial charge in [0.1, 0.15) is 5.78 Å². The molecule has 1 saturated heterocycles. The second-order valence-electron chi connectivity index (χ2n) is 6.01. The van der Waals surface area contributed by atoms with Crippen molar-refractivity contribution in [1.82, 2.24) is 5.32 Å². The maximum atomic E-state index is 11.7. The molecule has 5 heteroatoms. The topological polar surface area (TPSA) is 69.2 Å². The number of ketones is 1. The molecule has 1 aliphatic heterocycles. The predicted molar refractivity (Wildman–Crippen MR) is 58.6 cm³/mol. The molecular weight excluding hydrogens is 229 g/mol. The van der Waals surface area contributed by atoms with E-state index in [1.54, 1.807) is 0 Å². The molecule has 0 aromatic heterocycles. The summed E-state index contributed by atoms with van der Waals surface area (Å²) in [5.74, 6) is -1.66. The molecule has 0 amide bonds. The summed E-state index contributed by atoms with van der Waals surface area (Å²) in [5.41, 5.74) is -0.262. The molecule has 0 aliphatic carbocycles. The number of hydrogen-bond donors (Lipinski definition) is 1. The molecule has 0 aromatic carbocycles. The quantitative estimate of drug-likeness (QED) is 0.435. The Morgan fingerprint density at radius 3 is 1.94 bits per heavy atom. The van der Waals surface area contributed by atoms with Crippen LogP contribution in [0.25, 0.3) is 0 Å². The van der Waals surface area contributed by atoms with E-state index in [4.69, 9.17) is 0 Å². The van der Waals surface area contributed by atoms with Crippen molar-refractivity contribution in [2.24, 2.45) is 5.92 Å². The summed E-state index contributed by atoms with van der Waals surface area (Å²) in [6.07, 6.45) is 0.905. The Morgan fingerprint density at radius 1 is 1.18 bits per heavy atom. The first kappa shape index (κ1) is 17.1. The number of hydrogen-bond acceptors (Lipinski definition) is 4. The Bertz CT molecular complexity index is 297. The molecule has 0 atom stereocenters. The molecule has 17 heavy (non-hydrogen) atoms. The Kier molecular flexibility index (Phi) is 5.86. The summed E-state index contributed by atoms with van der Waals surface area (Å²) < 4.78 is 0. The summed E-state index contributed by atoms with van der Waals surface area (Å²) in [6.45, 7) is 8.14. The number of carbonyl (C=O) groups is 2. The normalized spacial score (nSPS) is 22.6. The number of piperidine rings is 1. The molecule has 1 fully saturated rings. The number of Topliss-reactive ketones (excluding diaryl/α,β-unsaturated/α-hetero) is 1. The van der Waals surface area contributed by atoms with Crippen LogP contribution in [0.5, 0.6) is 0 Å². The minimum atomic E-state index is -1.28. The Balaban J connectivity index is 0.00000256. The zero-order valence-corrected chi connectivity index (χ0v) is 13.4. The van der Waals surface area contributed by atoms with Crippen LogP contribution in [-0.4, -0.2) is 22.8 Å². The van der Waals surface area contributed by atoms with E-state index in [9.17, 15) is 14.7 Å². The summed E-state index contributed by atoms with van der Waals surface area (Å²) in [7, 11) is 0. The average Bonchev–Trinajstić information content (AvgIpc) is 1.96. The van der Waals surface area contributed by atoms with Gasteiger partial charge >= 0.3 is 29.6 Å². The Labute approximate surface area is 125 Å². The van der Waals surface area contributed by atoms with Gasteiger partial charge in [-0.3, -0.25) is 4.79 Å². The first-order chi connectivity index (χ1) is 7.11. The summed E-state index contributed by atoms with van der Waals surface area (Å²) >= 11 is 0. The number of aliphatic carboxylic acids is 1. The van der Waals surface area contributed by atoms with Crippen LogP contribution in [0.2, 0.25) is 0 Å². The van der Waals surface area contributed by atoms with Crippen LogP contribution in [0.1, 0.15) is 47.0 Å². The van der Waals surface area contributed by atoms with Gasteiger partial charge < -0.3 is 15.2 Å². The summed E-state index contributed by atoms with van der Waals surface area (Å²) in [5, 5.41) is 13.9. The first-order valence-electron chi connectivity index (χ1n) is 5.63. The molecule has 1 N–H and O–H groups in total. The fraction of sp³-hybridized carbons (Fsp3) is 0.833. The summed E-state index contributed by atoms with van der Waals surface area (Å²) in [4.78, 5) is 22.2. The van der Waals surface area contributed by atoms with Crippen molar-refractivity contribution in [2.45, 2.75) is 58.0 Å². The standard InChI is InChI=1S/C12H21NO3.Na/c1-11(2)6-8(7-12(3,4)13-11)9(14)5-10(15)16;/h8,13H,5-7H2,1-4H3,(H,15,16);/q;+1/p-1. The second kappa shape index (κ2) is 5.83. The molecule has 0 saturated carbocycles. The number of carbonyl (C=O) groups excluding carboxylic acids is 2. The number of nitrogens with one attached hydrogen (secondary N) is 1. The van der Waals surface area contributed by atoms with E-state index in [2.05, 4.69) is 5.32 Å². The van der Waals surface area contributed by atoms with E-state index in [1.165, 1.54) is 0 Å². The zero-order valence-electron chi connectivity index (χ0n) is 11.4. The molecule has 1 aliphatic rings. The van der Waals surface area contributed by atoms with Gasteiger partial charge in [-0.05, 0) is 40.5 Å². The van der Waals surface area contributed by atoms with Gasteiger partial charge in [0.15, 0.2) is 0 Å². The predicted octanol–water partition coefficient (Wildman–Crippen LogP) is -2.74. The summed E-state index contributed by atoms with van der Waals surface area (Å²) in [6, 6.07) is 0. The van der Waals surface area contributed by atoms with Gasteiger partial charge in [0.05, 0.1) is 0 Å². The molecule has 0 aromatic rings. The molecule has 0 spiro atoms. The van der Waals surface area contributed by atoms with E-state index < -0.39 is 12.4 Å². The molecule has 4 nitrogen and oxygen atoms in total. The van der Waals surface area contributed by atoms with Crippen molar-refractivity contribution in [2.75, 3.05) is 0 Å². The van der Waals surface area contributed by atoms with Crippen LogP contribution < -0.4 is 40.0 Å². The van der Waals surface area contributed by atoms with Crippen LogP contribution in [-0.2, 0) is 9.59 Å². The van der Waals surface area contributed by atoms with E-state index >= 15 is 0 Å². The third kappa shape index (κ3) is 5.51. The molecular formula is C12H20NNaO3. The van der Waals surface area contributed by atoms with E-state index in [0.717, 1.165) is 0 Å². The van der Waals surface area contributed by atoms with Gasteiger partial charge in [-0.2, -0.15) is 0 Å². The van der Waals surface area contributed by atoms with Gasteiger partial charge in [0.2, 0.25) is 0 Å². The maximum Gasteiger partial charge on any atom is 1.00 e. The Hall–Kier alpha value is 0.1000. The minimum Gasteiger partial charge on any atom is -0.550 e. The number of rotatable bonds is 3. The number of carboxylic acid groups (broad SMARTS) is 1. The molecule has 0 unspecified atom stereocenters. The van der Waals surface area contributed by atoms with Gasteiger partial charge in [-0.1, -0.05) is 0 Å². The minimum absolute atomic E-state index is 0. The van der Waals surface area contributed by atoms with Crippen molar-refractivity contribution < 1.29 is 44.3 Å². The van der Waals surface area contributed by atoms with Crippen molar-refractivity contribution in [3.05, 3.63) is 0 Å². The Morgan fingerprint density at radius 2 is 1.59 bits per heavy atom. The largest absolute Gasteiger partial charge is 1.00 e. The van der Waals surface area contributed by atoms with Gasteiger partial charge in [0.25, 0.3) is 0 Å². The maximum absolute atomic E-state index is 11.7. The van der Waals surface area contributed by atoms with E-state index in [0.29, 0.717) is 12.8 Å². The fourth-order valence-electron chi connectivity index (χ4n) is 2.84. The van der Waals surface area contributed by atoms with Crippen molar-refractivity contribution in [3.8, 4) is 0 Å². The third-order valence-electron chi connectivity index (χ3n) is 2.96. The molecule has 1 rings (SSSR count). The van der Waals surface area contributed by atoms with Gasteiger partial charge in [-0.25, -0.2) is 0 Å². The van der Waals surface area contributed by atoms with Gasteiger partial charge in [0, 0.05) is 29.4 Å². The van der Waals surface area contributed by atoms with Crippen LogP contribution >= 0.6 is 0 Å².